The maximum absolute atomic E-state index is 4.77. The number of nitrogens with zero attached hydrogens (tertiary/aromatic N) is 3. The lowest BCUT2D eigenvalue weighted by Gasteiger charge is -1.96. The third kappa shape index (κ3) is 3.36. The Morgan fingerprint density at radius 3 is 2.06 bits per heavy atom. The quantitative estimate of drug-likeness (QED) is 0.370. The SMILES string of the molecule is Cc1cccc[n+]1-c1cc2cc3ccc(cc4nc(cc5nc(cc1[nH]2)C=C5)C=C4)[nH]3. The lowest BCUT2D eigenvalue weighted by molar-refractivity contribution is -0.601. The normalized spacial score (nSPS) is 12.4. The van der Waals surface area contributed by atoms with Gasteiger partial charge in [-0.05, 0) is 60.7 Å². The van der Waals surface area contributed by atoms with Crippen molar-refractivity contribution >= 4 is 46.4 Å². The van der Waals surface area contributed by atoms with Crippen LogP contribution in [0.15, 0.2) is 66.9 Å². The molecule has 0 aromatic carbocycles. The molecular formula is C26H20N5+. The highest BCUT2D eigenvalue weighted by Crippen LogP contribution is 2.20. The molecule has 4 aromatic heterocycles. The highest BCUT2D eigenvalue weighted by atomic mass is 15.0. The molecule has 0 saturated carbocycles. The third-order valence-electron chi connectivity index (χ3n) is 5.47. The molecule has 6 heterocycles. The number of aromatic nitrogens is 5. The first kappa shape index (κ1) is 17.6. The van der Waals surface area contributed by atoms with E-state index in [0.29, 0.717) is 0 Å². The molecule has 148 valence electrons. The van der Waals surface area contributed by atoms with Crippen LogP contribution in [0, 0.1) is 6.92 Å². The van der Waals surface area contributed by atoms with Gasteiger partial charge in [-0.15, -0.1) is 0 Å². The number of aryl methyl sites for hydroxylation is 1. The predicted octanol–water partition coefficient (Wildman–Crippen LogP) is 5.24. The van der Waals surface area contributed by atoms with Gasteiger partial charge in [-0.3, -0.25) is 0 Å². The van der Waals surface area contributed by atoms with Gasteiger partial charge in [-0.1, -0.05) is 6.07 Å². The maximum atomic E-state index is 4.77. The number of H-pyrrole nitrogens is 2. The smallest absolute Gasteiger partial charge is 0.236 e. The first-order valence-corrected chi connectivity index (χ1v) is 10.3. The molecule has 5 nitrogen and oxygen atoms in total. The van der Waals surface area contributed by atoms with Gasteiger partial charge in [-0.2, -0.15) is 4.57 Å². The van der Waals surface area contributed by atoms with Crippen molar-refractivity contribution in [1.82, 2.24) is 19.9 Å². The van der Waals surface area contributed by atoms with Gasteiger partial charge in [0.05, 0.1) is 22.8 Å². The molecule has 4 aromatic rings. The van der Waals surface area contributed by atoms with Gasteiger partial charge < -0.3 is 9.97 Å². The first-order valence-electron chi connectivity index (χ1n) is 10.3. The van der Waals surface area contributed by atoms with Crippen molar-refractivity contribution in [1.29, 1.82) is 0 Å². The molecule has 0 atom stereocenters. The van der Waals surface area contributed by atoms with Crippen molar-refractivity contribution < 1.29 is 4.57 Å². The fourth-order valence-electron chi connectivity index (χ4n) is 4.00. The summed E-state index contributed by atoms with van der Waals surface area (Å²) in [4.78, 5) is 16.5. The van der Waals surface area contributed by atoms with Gasteiger partial charge in [0.15, 0.2) is 11.9 Å². The molecule has 0 amide bonds. The van der Waals surface area contributed by atoms with E-state index in [1.54, 1.807) is 0 Å². The van der Waals surface area contributed by atoms with Crippen LogP contribution in [0.4, 0.5) is 0 Å². The number of aromatic amines is 2. The van der Waals surface area contributed by atoms with E-state index < -0.39 is 0 Å². The number of hydrogen-bond acceptors (Lipinski definition) is 2. The fraction of sp³-hybridized carbons (Fsp3) is 0.0385. The summed E-state index contributed by atoms with van der Waals surface area (Å²) in [5, 5.41) is 0. The van der Waals surface area contributed by atoms with E-state index in [1.165, 1.54) is 0 Å². The van der Waals surface area contributed by atoms with Crippen molar-refractivity contribution in [3.8, 4) is 5.69 Å². The molecular weight excluding hydrogens is 382 g/mol. The Balaban J connectivity index is 1.69. The van der Waals surface area contributed by atoms with Crippen LogP contribution in [0.3, 0.4) is 0 Å². The molecule has 2 N–H and O–H groups in total. The monoisotopic (exact) mass is 402 g/mol. The molecule has 0 spiro atoms. The molecule has 0 saturated heterocycles. The molecule has 0 unspecified atom stereocenters. The van der Waals surface area contributed by atoms with Crippen molar-refractivity contribution in [3.05, 3.63) is 95.3 Å². The summed E-state index contributed by atoms with van der Waals surface area (Å²) in [5.41, 5.74) is 9.94. The lowest BCUT2D eigenvalue weighted by atomic mass is 10.3. The molecule has 0 radical (unpaired) electrons. The summed E-state index contributed by atoms with van der Waals surface area (Å²) in [5.74, 6) is 0. The van der Waals surface area contributed by atoms with Crippen LogP contribution in [0.5, 0.6) is 0 Å². The number of rotatable bonds is 1. The average molecular weight is 402 g/mol. The summed E-state index contributed by atoms with van der Waals surface area (Å²) in [6.07, 6.45) is 10.2. The highest BCUT2D eigenvalue weighted by molar-refractivity contribution is 5.79. The van der Waals surface area contributed by atoms with Crippen molar-refractivity contribution in [3.63, 3.8) is 0 Å². The van der Waals surface area contributed by atoms with Crippen LogP contribution in [0.25, 0.3) is 52.1 Å². The largest absolute Gasteiger partial charge is 0.355 e. The van der Waals surface area contributed by atoms with E-state index in [4.69, 9.17) is 4.98 Å². The third-order valence-corrected chi connectivity index (χ3v) is 5.47. The van der Waals surface area contributed by atoms with Gasteiger partial charge >= 0.3 is 0 Å². The molecule has 2 aliphatic rings. The van der Waals surface area contributed by atoms with Gasteiger partial charge in [0.1, 0.15) is 5.52 Å². The Hall–Kier alpha value is -4.25. The Kier molecular flexibility index (Phi) is 3.93. The van der Waals surface area contributed by atoms with E-state index in [9.17, 15) is 0 Å². The highest BCUT2D eigenvalue weighted by Gasteiger charge is 2.14. The van der Waals surface area contributed by atoms with Crippen LogP contribution >= 0.6 is 0 Å². The summed E-state index contributed by atoms with van der Waals surface area (Å²) in [6, 6.07) is 20.8. The molecule has 31 heavy (non-hydrogen) atoms. The average Bonchev–Trinajstić information content (AvgIpc) is 3.53. The van der Waals surface area contributed by atoms with Crippen LogP contribution in [-0.2, 0) is 0 Å². The second kappa shape index (κ2) is 6.92. The van der Waals surface area contributed by atoms with Crippen LogP contribution in [-0.4, -0.2) is 19.9 Å². The summed E-state index contributed by atoms with van der Waals surface area (Å²) < 4.78 is 2.19. The minimum atomic E-state index is 0.897. The minimum Gasteiger partial charge on any atom is -0.355 e. The Bertz CT molecular complexity index is 1550. The van der Waals surface area contributed by atoms with Crippen LogP contribution in [0.1, 0.15) is 28.5 Å². The minimum absolute atomic E-state index is 0.897. The topological polar surface area (TPSA) is 61.2 Å². The van der Waals surface area contributed by atoms with Crippen molar-refractivity contribution in [2.24, 2.45) is 0 Å². The Labute approximate surface area is 179 Å². The summed E-state index contributed by atoms with van der Waals surface area (Å²) in [6.45, 7) is 2.11. The van der Waals surface area contributed by atoms with E-state index in [-0.39, 0.29) is 0 Å². The van der Waals surface area contributed by atoms with Crippen LogP contribution in [0.2, 0.25) is 0 Å². The fourth-order valence-corrected chi connectivity index (χ4v) is 4.00. The van der Waals surface area contributed by atoms with E-state index in [2.05, 4.69) is 75.1 Å². The zero-order valence-corrected chi connectivity index (χ0v) is 17.0. The molecule has 6 rings (SSSR count). The number of hydrogen-bond donors (Lipinski definition) is 2. The molecule has 0 fully saturated rings. The second-order valence-corrected chi connectivity index (χ2v) is 7.77. The van der Waals surface area contributed by atoms with E-state index in [0.717, 1.165) is 56.2 Å². The zero-order chi connectivity index (χ0) is 20.8. The van der Waals surface area contributed by atoms with Gasteiger partial charge in [0.2, 0.25) is 5.69 Å². The standard InChI is InChI=1S/C26H20N5/c1-17-4-2-3-11-31(17)26-16-24-14-22-8-7-20(28-22)12-18-5-6-19(27-18)13-21-9-10-23(29-21)15-25(26)30-24/h2-16,28,30H,1H3/q+1. The maximum Gasteiger partial charge on any atom is 0.236 e. The Morgan fingerprint density at radius 1 is 0.645 bits per heavy atom. The van der Waals surface area contributed by atoms with Crippen LogP contribution < -0.4 is 4.57 Å². The molecule has 0 aliphatic carbocycles. The number of nitrogens with one attached hydrogen (secondary N) is 2. The molecule has 5 heteroatoms. The first-order chi connectivity index (χ1) is 15.2. The number of pyridine rings is 1. The lowest BCUT2D eigenvalue weighted by Crippen LogP contribution is -2.32. The zero-order valence-electron chi connectivity index (χ0n) is 17.0. The number of fused-ring (bicyclic) bond motifs is 8. The predicted molar refractivity (Wildman–Crippen MR) is 125 cm³/mol. The molecule has 2 aliphatic heterocycles. The second-order valence-electron chi connectivity index (χ2n) is 7.77. The molecule has 8 bridgehead atoms. The van der Waals surface area contributed by atoms with E-state index >= 15 is 0 Å². The summed E-state index contributed by atoms with van der Waals surface area (Å²) in [7, 11) is 0. The summed E-state index contributed by atoms with van der Waals surface area (Å²) >= 11 is 0. The van der Waals surface area contributed by atoms with E-state index in [1.807, 2.05) is 42.5 Å². The van der Waals surface area contributed by atoms with Crippen molar-refractivity contribution in [2.45, 2.75) is 6.92 Å². The van der Waals surface area contributed by atoms with Gasteiger partial charge in [0, 0.05) is 41.7 Å². The van der Waals surface area contributed by atoms with Gasteiger partial charge in [0.25, 0.3) is 0 Å². The van der Waals surface area contributed by atoms with Gasteiger partial charge in [-0.25, -0.2) is 9.97 Å². The Morgan fingerprint density at radius 2 is 1.32 bits per heavy atom. The van der Waals surface area contributed by atoms with Crippen molar-refractivity contribution in [2.75, 3.05) is 0 Å².